The molecule has 0 unspecified atom stereocenters. The Hall–Kier alpha value is -4.54. The molecule has 0 aliphatic rings. The van der Waals surface area contributed by atoms with Crippen LogP contribution >= 0.6 is 11.6 Å². The zero-order valence-electron chi connectivity index (χ0n) is 22.4. The zero-order chi connectivity index (χ0) is 29.2. The van der Waals surface area contributed by atoms with E-state index in [2.05, 4.69) is 10.5 Å². The highest BCUT2D eigenvalue weighted by Crippen LogP contribution is 2.32. The monoisotopic (exact) mass is 593 g/mol. The summed E-state index contributed by atoms with van der Waals surface area (Å²) in [4.78, 5) is 12.8. The van der Waals surface area contributed by atoms with Crippen molar-refractivity contribution < 1.29 is 27.4 Å². The summed E-state index contributed by atoms with van der Waals surface area (Å²) in [5.74, 6) is 0.639. The zero-order valence-corrected chi connectivity index (χ0v) is 23.9. The Labute approximate surface area is 244 Å². The molecule has 4 aromatic rings. The van der Waals surface area contributed by atoms with Gasteiger partial charge in [-0.25, -0.2) is 13.8 Å². The molecule has 0 bridgehead atoms. The standard InChI is InChI=1S/C30H28ClN3O6S/c1-38-28-17-16-26(18-29(28)39-2)41(36,37)34(24-9-4-3-5-10-24)20-30(35)33-32-19-22-12-14-25(15-13-22)40-21-23-8-6-7-11-27(23)31/h3-19H,20-21H2,1-2H3,(H,33,35)/b32-19-. The Morgan fingerprint density at radius 2 is 1.59 bits per heavy atom. The molecule has 0 fully saturated rings. The number of amides is 1. The number of ether oxygens (including phenoxy) is 3. The van der Waals surface area contributed by atoms with E-state index in [1.54, 1.807) is 60.7 Å². The third-order valence-electron chi connectivity index (χ3n) is 5.91. The first-order valence-corrected chi connectivity index (χ1v) is 14.2. The second kappa shape index (κ2) is 13.7. The van der Waals surface area contributed by atoms with Crippen LogP contribution in [0.25, 0.3) is 0 Å². The molecule has 212 valence electrons. The van der Waals surface area contributed by atoms with Crippen molar-refractivity contribution in [1.82, 2.24) is 5.43 Å². The lowest BCUT2D eigenvalue weighted by atomic mass is 10.2. The van der Waals surface area contributed by atoms with Crippen molar-refractivity contribution in [3.8, 4) is 17.2 Å². The number of sulfonamides is 1. The molecule has 0 aliphatic carbocycles. The number of nitrogens with zero attached hydrogens (tertiary/aromatic N) is 2. The number of para-hydroxylation sites is 1. The van der Waals surface area contributed by atoms with Gasteiger partial charge in [0.25, 0.3) is 15.9 Å². The van der Waals surface area contributed by atoms with Gasteiger partial charge in [-0.15, -0.1) is 0 Å². The maximum absolute atomic E-state index is 13.6. The van der Waals surface area contributed by atoms with Crippen molar-refractivity contribution >= 4 is 39.4 Å². The number of carbonyl (C=O) groups is 1. The first kappa shape index (κ1) is 29.4. The van der Waals surface area contributed by atoms with Gasteiger partial charge in [-0.1, -0.05) is 48.0 Å². The number of hydrazone groups is 1. The van der Waals surface area contributed by atoms with Gasteiger partial charge in [0, 0.05) is 16.7 Å². The quantitative estimate of drug-likeness (QED) is 0.177. The fraction of sp³-hybridized carbons (Fsp3) is 0.133. The summed E-state index contributed by atoms with van der Waals surface area (Å²) >= 11 is 6.17. The van der Waals surface area contributed by atoms with Gasteiger partial charge >= 0.3 is 0 Å². The smallest absolute Gasteiger partial charge is 0.264 e. The van der Waals surface area contributed by atoms with Crippen LogP contribution in [0.15, 0.2) is 107 Å². The first-order chi connectivity index (χ1) is 19.8. The molecule has 0 atom stereocenters. The summed E-state index contributed by atoms with van der Waals surface area (Å²) in [6, 6.07) is 27.1. The molecule has 0 spiro atoms. The van der Waals surface area contributed by atoms with Crippen LogP contribution < -0.4 is 23.9 Å². The van der Waals surface area contributed by atoms with E-state index in [0.717, 1.165) is 9.87 Å². The molecular weight excluding hydrogens is 566 g/mol. The van der Waals surface area contributed by atoms with Gasteiger partial charge in [0.2, 0.25) is 0 Å². The van der Waals surface area contributed by atoms with Crippen molar-refractivity contribution in [2.24, 2.45) is 5.10 Å². The molecule has 0 aromatic heterocycles. The van der Waals surface area contributed by atoms with Crippen molar-refractivity contribution in [2.45, 2.75) is 11.5 Å². The predicted octanol–water partition coefficient (Wildman–Crippen LogP) is 5.28. The van der Waals surface area contributed by atoms with E-state index in [-0.39, 0.29) is 10.6 Å². The number of halogens is 1. The van der Waals surface area contributed by atoms with E-state index in [1.807, 2.05) is 18.2 Å². The van der Waals surface area contributed by atoms with Crippen LogP contribution in [0.5, 0.6) is 17.2 Å². The van der Waals surface area contributed by atoms with Crippen LogP contribution in [0.1, 0.15) is 11.1 Å². The lowest BCUT2D eigenvalue weighted by molar-refractivity contribution is -0.119. The fourth-order valence-corrected chi connectivity index (χ4v) is 5.41. The summed E-state index contributed by atoms with van der Waals surface area (Å²) in [5.41, 5.74) is 4.29. The summed E-state index contributed by atoms with van der Waals surface area (Å²) in [7, 11) is -1.29. The minimum Gasteiger partial charge on any atom is -0.493 e. The topological polar surface area (TPSA) is 107 Å². The van der Waals surface area contributed by atoms with E-state index < -0.39 is 22.5 Å². The number of rotatable bonds is 12. The van der Waals surface area contributed by atoms with Crippen LogP contribution in [-0.4, -0.2) is 41.3 Å². The number of nitrogens with one attached hydrogen (secondary N) is 1. The Balaban J connectivity index is 1.43. The van der Waals surface area contributed by atoms with Gasteiger partial charge in [0.1, 0.15) is 18.9 Å². The van der Waals surface area contributed by atoms with Crippen LogP contribution in [-0.2, 0) is 21.4 Å². The van der Waals surface area contributed by atoms with E-state index in [4.69, 9.17) is 25.8 Å². The maximum Gasteiger partial charge on any atom is 0.264 e. The number of hydrogen-bond acceptors (Lipinski definition) is 7. The maximum atomic E-state index is 13.6. The van der Waals surface area contributed by atoms with E-state index in [1.165, 1.54) is 38.6 Å². The lowest BCUT2D eigenvalue weighted by Gasteiger charge is -2.24. The third-order valence-corrected chi connectivity index (χ3v) is 8.05. The molecule has 0 saturated heterocycles. The number of hydrogen-bond donors (Lipinski definition) is 1. The number of benzene rings is 4. The van der Waals surface area contributed by atoms with Crippen LogP contribution in [0.2, 0.25) is 5.02 Å². The second-order valence-corrected chi connectivity index (χ2v) is 10.9. The largest absolute Gasteiger partial charge is 0.493 e. The van der Waals surface area contributed by atoms with Crippen molar-refractivity contribution in [2.75, 3.05) is 25.1 Å². The van der Waals surface area contributed by atoms with Crippen molar-refractivity contribution in [1.29, 1.82) is 0 Å². The van der Waals surface area contributed by atoms with Crippen LogP contribution in [0, 0.1) is 0 Å². The molecule has 0 saturated carbocycles. The first-order valence-electron chi connectivity index (χ1n) is 12.4. The summed E-state index contributed by atoms with van der Waals surface area (Å²) < 4.78 is 44.5. The molecule has 4 aromatic carbocycles. The molecular formula is C30H28ClN3O6S. The highest BCUT2D eigenvalue weighted by Gasteiger charge is 2.28. The van der Waals surface area contributed by atoms with Crippen molar-refractivity contribution in [3.05, 3.63) is 113 Å². The minimum absolute atomic E-state index is 0.0628. The molecule has 41 heavy (non-hydrogen) atoms. The Bertz CT molecular complexity index is 1610. The molecule has 0 aliphatic heterocycles. The molecule has 4 rings (SSSR count). The van der Waals surface area contributed by atoms with Gasteiger partial charge in [-0.3, -0.25) is 9.10 Å². The average Bonchev–Trinajstić information content (AvgIpc) is 3.00. The van der Waals surface area contributed by atoms with E-state index in [9.17, 15) is 13.2 Å². The summed E-state index contributed by atoms with van der Waals surface area (Å²) in [5, 5.41) is 4.62. The number of methoxy groups -OCH3 is 2. The van der Waals surface area contributed by atoms with Gasteiger partial charge in [-0.05, 0) is 60.2 Å². The van der Waals surface area contributed by atoms with Gasteiger partial charge < -0.3 is 14.2 Å². The van der Waals surface area contributed by atoms with Gasteiger partial charge in [-0.2, -0.15) is 5.10 Å². The number of carbonyl (C=O) groups excluding carboxylic acids is 1. The Kier molecular flexibility index (Phi) is 9.83. The van der Waals surface area contributed by atoms with Crippen molar-refractivity contribution in [3.63, 3.8) is 0 Å². The normalized spacial score (nSPS) is 11.2. The second-order valence-electron chi connectivity index (χ2n) is 8.61. The molecule has 0 radical (unpaired) electrons. The molecule has 0 heterocycles. The minimum atomic E-state index is -4.15. The Morgan fingerprint density at radius 1 is 0.902 bits per heavy atom. The predicted molar refractivity (Wildman–Crippen MR) is 158 cm³/mol. The SMILES string of the molecule is COc1ccc(S(=O)(=O)N(CC(=O)N/N=C\c2ccc(OCc3ccccc3Cl)cc2)c2ccccc2)cc1OC. The molecule has 1 N–H and O–H groups in total. The van der Waals surface area contributed by atoms with Crippen LogP contribution in [0.3, 0.4) is 0 Å². The highest BCUT2D eigenvalue weighted by atomic mass is 35.5. The summed E-state index contributed by atoms with van der Waals surface area (Å²) in [6.07, 6.45) is 1.45. The van der Waals surface area contributed by atoms with Gasteiger partial charge in [0.05, 0.1) is 31.0 Å². The van der Waals surface area contributed by atoms with Crippen LogP contribution in [0.4, 0.5) is 5.69 Å². The number of anilines is 1. The molecule has 11 heteroatoms. The Morgan fingerprint density at radius 3 is 2.27 bits per heavy atom. The lowest BCUT2D eigenvalue weighted by Crippen LogP contribution is -2.39. The van der Waals surface area contributed by atoms with Gasteiger partial charge in [0.15, 0.2) is 11.5 Å². The highest BCUT2D eigenvalue weighted by molar-refractivity contribution is 7.92. The molecule has 1 amide bonds. The molecule has 9 nitrogen and oxygen atoms in total. The van der Waals surface area contributed by atoms with E-state index >= 15 is 0 Å². The third kappa shape index (κ3) is 7.56. The van der Waals surface area contributed by atoms with E-state index in [0.29, 0.717) is 34.4 Å². The fourth-order valence-electron chi connectivity index (χ4n) is 3.78. The summed E-state index contributed by atoms with van der Waals surface area (Å²) in [6.45, 7) is -0.180. The average molecular weight is 594 g/mol.